The number of ketones is 1. The third kappa shape index (κ3) is 3.76. The monoisotopic (exact) mass is 407 g/mol. The number of amidine groups is 1. The number of carbonyl (C=O) groups is 1. The van der Waals surface area contributed by atoms with Crippen molar-refractivity contribution in [2.75, 3.05) is 12.4 Å². The van der Waals surface area contributed by atoms with Gasteiger partial charge in [-0.2, -0.15) is 5.10 Å². The van der Waals surface area contributed by atoms with Crippen molar-refractivity contribution in [3.63, 3.8) is 0 Å². The Balaban J connectivity index is 1.67. The highest BCUT2D eigenvalue weighted by atomic mass is 19.1. The topological polar surface area (TPSA) is 106 Å². The van der Waals surface area contributed by atoms with E-state index in [1.54, 1.807) is 36.0 Å². The summed E-state index contributed by atoms with van der Waals surface area (Å²) in [4.78, 5) is 11.8. The Labute approximate surface area is 173 Å². The van der Waals surface area contributed by atoms with Gasteiger partial charge >= 0.3 is 0 Å². The molecule has 154 valence electrons. The van der Waals surface area contributed by atoms with Crippen LogP contribution in [-0.4, -0.2) is 28.4 Å². The summed E-state index contributed by atoms with van der Waals surface area (Å²) in [6.45, 7) is 0. The molecule has 8 heteroatoms. The second-order valence-electron chi connectivity index (χ2n) is 7.20. The van der Waals surface area contributed by atoms with Crippen LogP contribution in [0.1, 0.15) is 30.9 Å². The molecule has 0 spiro atoms. The van der Waals surface area contributed by atoms with E-state index in [1.165, 1.54) is 12.1 Å². The molecule has 2 aromatic carbocycles. The highest BCUT2D eigenvalue weighted by molar-refractivity contribution is 6.05. The van der Waals surface area contributed by atoms with Gasteiger partial charge in [-0.1, -0.05) is 0 Å². The maximum absolute atomic E-state index is 13.1. The standard InChI is InChI=1S/C22H22FN5O2/c1-26-22-19(21(24)25)20(27-28(22)15-6-7-16(29)12-15)13-2-8-17(9-3-13)30-18-10-4-14(23)5-11-18/h2-5,8-11,15,26H,6-7,12H2,1H3,(H3,24,25). The van der Waals surface area contributed by atoms with Crippen molar-refractivity contribution >= 4 is 17.4 Å². The molecule has 1 aliphatic rings. The number of nitrogen functional groups attached to an aromatic ring is 1. The van der Waals surface area contributed by atoms with Gasteiger partial charge in [0.25, 0.3) is 0 Å². The normalized spacial score (nSPS) is 15.9. The maximum Gasteiger partial charge on any atom is 0.136 e. The molecule has 1 aliphatic carbocycles. The lowest BCUT2D eigenvalue weighted by molar-refractivity contribution is -0.117. The Morgan fingerprint density at radius 3 is 2.37 bits per heavy atom. The summed E-state index contributed by atoms with van der Waals surface area (Å²) in [7, 11) is 1.75. The molecule has 0 amide bonds. The van der Waals surface area contributed by atoms with E-state index in [4.69, 9.17) is 21.0 Å². The van der Waals surface area contributed by atoms with Gasteiger partial charge in [0, 0.05) is 25.5 Å². The minimum absolute atomic E-state index is 0.0483. The van der Waals surface area contributed by atoms with Gasteiger partial charge in [-0.3, -0.25) is 10.2 Å². The Morgan fingerprint density at radius 1 is 1.20 bits per heavy atom. The summed E-state index contributed by atoms with van der Waals surface area (Å²) in [5.74, 6) is 1.53. The SMILES string of the molecule is CNc1c(C(=N)N)c(-c2ccc(Oc3ccc(F)cc3)cc2)nn1C1CCC(=O)C1. The summed E-state index contributed by atoms with van der Waals surface area (Å²) in [6.07, 6.45) is 1.68. The fourth-order valence-corrected chi connectivity index (χ4v) is 3.72. The van der Waals surface area contributed by atoms with Gasteiger partial charge in [0.2, 0.25) is 0 Å². The molecular weight excluding hydrogens is 385 g/mol. The maximum atomic E-state index is 13.1. The Morgan fingerprint density at radius 2 is 1.83 bits per heavy atom. The zero-order valence-corrected chi connectivity index (χ0v) is 16.5. The first-order valence-electron chi connectivity index (χ1n) is 9.66. The molecule has 30 heavy (non-hydrogen) atoms. The van der Waals surface area contributed by atoms with Crippen LogP contribution in [0.3, 0.4) is 0 Å². The van der Waals surface area contributed by atoms with Crippen LogP contribution >= 0.6 is 0 Å². The number of hydrogen-bond donors (Lipinski definition) is 3. The molecule has 7 nitrogen and oxygen atoms in total. The van der Waals surface area contributed by atoms with Crippen LogP contribution in [0.2, 0.25) is 0 Å². The van der Waals surface area contributed by atoms with Gasteiger partial charge in [-0.05, 0) is 55.0 Å². The van der Waals surface area contributed by atoms with E-state index in [0.717, 1.165) is 12.0 Å². The van der Waals surface area contributed by atoms with Crippen LogP contribution in [0.4, 0.5) is 10.2 Å². The van der Waals surface area contributed by atoms with Gasteiger partial charge in [0.05, 0.1) is 11.6 Å². The molecule has 1 unspecified atom stereocenters. The number of halogens is 1. The number of carbonyl (C=O) groups excluding carboxylic acids is 1. The molecule has 1 fully saturated rings. The zero-order valence-electron chi connectivity index (χ0n) is 16.5. The van der Waals surface area contributed by atoms with Crippen LogP contribution < -0.4 is 15.8 Å². The number of rotatable bonds is 6. The molecule has 4 rings (SSSR count). The van der Waals surface area contributed by atoms with Crippen molar-refractivity contribution in [2.24, 2.45) is 5.73 Å². The summed E-state index contributed by atoms with van der Waals surface area (Å²) >= 11 is 0. The average molecular weight is 407 g/mol. The highest BCUT2D eigenvalue weighted by Gasteiger charge is 2.30. The lowest BCUT2D eigenvalue weighted by Gasteiger charge is -2.13. The van der Waals surface area contributed by atoms with Gasteiger partial charge in [-0.25, -0.2) is 9.07 Å². The van der Waals surface area contributed by atoms with Gasteiger partial charge in [0.1, 0.15) is 40.4 Å². The molecule has 1 saturated carbocycles. The Hall–Kier alpha value is -3.68. The fourth-order valence-electron chi connectivity index (χ4n) is 3.72. The molecular formula is C22H22FN5O2. The van der Waals surface area contributed by atoms with Crippen molar-refractivity contribution in [3.8, 4) is 22.8 Å². The quantitative estimate of drug-likeness (QED) is 0.421. The molecule has 0 bridgehead atoms. The van der Waals surface area contributed by atoms with E-state index in [1.807, 2.05) is 12.1 Å². The molecule has 0 radical (unpaired) electrons. The number of aromatic nitrogens is 2. The van der Waals surface area contributed by atoms with E-state index in [9.17, 15) is 9.18 Å². The molecule has 1 aromatic heterocycles. The predicted octanol–water partition coefficient (Wildman–Crippen LogP) is 4.10. The molecule has 0 saturated heterocycles. The number of benzene rings is 2. The first kappa shape index (κ1) is 19.6. The number of nitrogens with two attached hydrogens (primary N) is 1. The number of Topliss-reactive ketones (excluding diaryl/α,β-unsaturated/α-hetero) is 1. The molecule has 4 N–H and O–H groups in total. The van der Waals surface area contributed by atoms with E-state index in [0.29, 0.717) is 41.4 Å². The van der Waals surface area contributed by atoms with E-state index < -0.39 is 0 Å². The molecule has 0 aliphatic heterocycles. The van der Waals surface area contributed by atoms with Crippen molar-refractivity contribution in [1.82, 2.24) is 9.78 Å². The lowest BCUT2D eigenvalue weighted by Crippen LogP contribution is -2.16. The van der Waals surface area contributed by atoms with E-state index in [-0.39, 0.29) is 23.5 Å². The minimum Gasteiger partial charge on any atom is -0.457 e. The second kappa shape index (κ2) is 7.98. The van der Waals surface area contributed by atoms with Crippen molar-refractivity contribution in [3.05, 3.63) is 59.9 Å². The van der Waals surface area contributed by atoms with Crippen molar-refractivity contribution in [1.29, 1.82) is 5.41 Å². The van der Waals surface area contributed by atoms with Gasteiger partial charge in [0.15, 0.2) is 0 Å². The lowest BCUT2D eigenvalue weighted by atomic mass is 10.1. The fraction of sp³-hybridized carbons (Fsp3) is 0.227. The minimum atomic E-state index is -0.325. The van der Waals surface area contributed by atoms with E-state index >= 15 is 0 Å². The zero-order chi connectivity index (χ0) is 21.3. The van der Waals surface area contributed by atoms with Gasteiger partial charge < -0.3 is 15.8 Å². The Bertz CT molecular complexity index is 1090. The second-order valence-corrected chi connectivity index (χ2v) is 7.20. The third-order valence-electron chi connectivity index (χ3n) is 5.16. The summed E-state index contributed by atoms with van der Waals surface area (Å²) < 4.78 is 20.6. The first-order valence-corrected chi connectivity index (χ1v) is 9.66. The number of hydrogen-bond acceptors (Lipinski definition) is 5. The largest absolute Gasteiger partial charge is 0.457 e. The van der Waals surface area contributed by atoms with Crippen LogP contribution in [0.5, 0.6) is 11.5 Å². The summed E-state index contributed by atoms with van der Waals surface area (Å²) in [5.41, 5.74) is 7.72. The first-order chi connectivity index (χ1) is 14.5. The molecule has 1 atom stereocenters. The summed E-state index contributed by atoms with van der Waals surface area (Å²) in [6, 6.07) is 13.0. The van der Waals surface area contributed by atoms with Crippen LogP contribution in [0.25, 0.3) is 11.3 Å². The smallest absolute Gasteiger partial charge is 0.136 e. The number of nitrogens with zero attached hydrogens (tertiary/aromatic N) is 2. The van der Waals surface area contributed by atoms with Crippen LogP contribution in [0, 0.1) is 11.2 Å². The third-order valence-corrected chi connectivity index (χ3v) is 5.16. The number of nitrogens with one attached hydrogen (secondary N) is 2. The highest BCUT2D eigenvalue weighted by Crippen LogP contribution is 2.36. The predicted molar refractivity (Wildman–Crippen MR) is 113 cm³/mol. The molecule has 1 heterocycles. The van der Waals surface area contributed by atoms with Crippen LogP contribution in [0.15, 0.2) is 48.5 Å². The number of ether oxygens (including phenoxy) is 1. The molecule has 3 aromatic rings. The van der Waals surface area contributed by atoms with Crippen molar-refractivity contribution in [2.45, 2.75) is 25.3 Å². The van der Waals surface area contributed by atoms with Crippen LogP contribution in [-0.2, 0) is 4.79 Å². The van der Waals surface area contributed by atoms with Gasteiger partial charge in [-0.15, -0.1) is 0 Å². The number of anilines is 1. The van der Waals surface area contributed by atoms with E-state index in [2.05, 4.69) is 5.32 Å². The van der Waals surface area contributed by atoms with Crippen molar-refractivity contribution < 1.29 is 13.9 Å². The summed E-state index contributed by atoms with van der Waals surface area (Å²) in [5, 5.41) is 15.9. The average Bonchev–Trinajstić information content (AvgIpc) is 3.33. The Kier molecular flexibility index (Phi) is 5.22.